The first-order valence-electron chi connectivity index (χ1n) is 6.83. The predicted molar refractivity (Wildman–Crippen MR) is 77.8 cm³/mol. The van der Waals surface area contributed by atoms with E-state index in [1.54, 1.807) is 0 Å². The molecule has 0 fully saturated rings. The van der Waals surface area contributed by atoms with Gasteiger partial charge in [-0.15, -0.1) is 0 Å². The maximum absolute atomic E-state index is 12.7. The van der Waals surface area contributed by atoms with Crippen molar-refractivity contribution in [3.8, 4) is 0 Å². The smallest absolute Gasteiger partial charge is 0.193 e. The summed E-state index contributed by atoms with van der Waals surface area (Å²) in [6.07, 6.45) is 0.961. The summed E-state index contributed by atoms with van der Waals surface area (Å²) in [5, 5.41) is 0. The first kappa shape index (κ1) is 12.2. The highest BCUT2D eigenvalue weighted by molar-refractivity contribution is 6.13. The first-order chi connectivity index (χ1) is 9.05. The zero-order valence-corrected chi connectivity index (χ0v) is 11.7. The monoisotopic (exact) mass is 250 g/mol. The summed E-state index contributed by atoms with van der Waals surface area (Å²) in [6, 6.07) is 14.3. The highest BCUT2D eigenvalue weighted by Crippen LogP contribution is 2.41. The molecule has 3 rings (SSSR count). The first-order valence-corrected chi connectivity index (χ1v) is 6.83. The summed E-state index contributed by atoms with van der Waals surface area (Å²) >= 11 is 0. The maximum atomic E-state index is 12.7. The SMILES string of the molecule is CCc1ccc2c(c1)C(=O)c1ccccc1C2(C)C. The molecule has 0 aliphatic heterocycles. The second kappa shape index (κ2) is 4.06. The van der Waals surface area contributed by atoms with Crippen LogP contribution in [0, 0.1) is 0 Å². The van der Waals surface area contributed by atoms with E-state index in [1.807, 2.05) is 18.2 Å². The minimum atomic E-state index is -0.105. The van der Waals surface area contributed by atoms with Crippen molar-refractivity contribution in [2.75, 3.05) is 0 Å². The number of hydrogen-bond donors (Lipinski definition) is 0. The van der Waals surface area contributed by atoms with Gasteiger partial charge in [-0.1, -0.05) is 57.2 Å². The zero-order valence-electron chi connectivity index (χ0n) is 11.7. The van der Waals surface area contributed by atoms with Crippen molar-refractivity contribution < 1.29 is 4.79 Å². The summed E-state index contributed by atoms with van der Waals surface area (Å²) in [7, 11) is 0. The zero-order chi connectivity index (χ0) is 13.6. The van der Waals surface area contributed by atoms with E-state index in [-0.39, 0.29) is 11.2 Å². The lowest BCUT2D eigenvalue weighted by molar-refractivity contribution is 0.103. The van der Waals surface area contributed by atoms with Crippen molar-refractivity contribution in [3.63, 3.8) is 0 Å². The van der Waals surface area contributed by atoms with Crippen LogP contribution >= 0.6 is 0 Å². The van der Waals surface area contributed by atoms with Crippen LogP contribution in [0.15, 0.2) is 42.5 Å². The Kier molecular flexibility index (Phi) is 2.60. The van der Waals surface area contributed by atoms with Gasteiger partial charge in [-0.3, -0.25) is 4.79 Å². The minimum absolute atomic E-state index is 0.105. The van der Waals surface area contributed by atoms with Crippen LogP contribution in [0.1, 0.15) is 53.4 Å². The molecule has 0 bridgehead atoms. The van der Waals surface area contributed by atoms with Crippen LogP contribution in [0.5, 0.6) is 0 Å². The molecule has 0 atom stereocenters. The van der Waals surface area contributed by atoms with Gasteiger partial charge in [0.2, 0.25) is 0 Å². The van der Waals surface area contributed by atoms with Gasteiger partial charge in [0.1, 0.15) is 0 Å². The molecule has 1 aliphatic rings. The van der Waals surface area contributed by atoms with E-state index in [2.05, 4.69) is 45.0 Å². The Morgan fingerprint density at radius 2 is 1.63 bits per heavy atom. The third-order valence-corrected chi connectivity index (χ3v) is 4.26. The second-order valence-electron chi connectivity index (χ2n) is 5.73. The van der Waals surface area contributed by atoms with E-state index in [0.717, 1.165) is 28.7 Å². The Hall–Kier alpha value is -1.89. The third kappa shape index (κ3) is 1.65. The molecular weight excluding hydrogens is 232 g/mol. The number of aryl methyl sites for hydroxylation is 1. The lowest BCUT2D eigenvalue weighted by Crippen LogP contribution is -2.30. The van der Waals surface area contributed by atoms with Gasteiger partial charge in [0.15, 0.2) is 5.78 Å². The van der Waals surface area contributed by atoms with E-state index in [9.17, 15) is 4.79 Å². The van der Waals surface area contributed by atoms with Crippen LogP contribution in [-0.2, 0) is 11.8 Å². The quantitative estimate of drug-likeness (QED) is 0.744. The molecule has 0 aromatic heterocycles. The average Bonchev–Trinajstić information content (AvgIpc) is 2.44. The summed E-state index contributed by atoms with van der Waals surface area (Å²) in [6.45, 7) is 6.51. The Bertz CT molecular complexity index is 665. The Labute approximate surface area is 114 Å². The van der Waals surface area contributed by atoms with Gasteiger partial charge >= 0.3 is 0 Å². The number of benzene rings is 2. The molecule has 0 radical (unpaired) electrons. The molecule has 1 nitrogen and oxygen atoms in total. The summed E-state index contributed by atoms with van der Waals surface area (Å²) < 4.78 is 0. The number of ketones is 1. The van der Waals surface area contributed by atoms with Gasteiger partial charge in [-0.05, 0) is 29.2 Å². The number of rotatable bonds is 1. The van der Waals surface area contributed by atoms with Crippen molar-refractivity contribution in [1.82, 2.24) is 0 Å². The molecule has 96 valence electrons. The molecule has 0 unspecified atom stereocenters. The van der Waals surface area contributed by atoms with E-state index in [1.165, 1.54) is 5.56 Å². The Morgan fingerprint density at radius 1 is 0.947 bits per heavy atom. The van der Waals surface area contributed by atoms with Gasteiger partial charge in [0.05, 0.1) is 0 Å². The standard InChI is InChI=1S/C18H18O/c1-4-12-9-10-16-14(11-12)17(19)13-7-5-6-8-15(13)18(16,2)3/h5-11H,4H2,1-3H3. The molecule has 0 heterocycles. The summed E-state index contributed by atoms with van der Waals surface area (Å²) in [5.41, 5.74) is 5.13. The lowest BCUT2D eigenvalue weighted by atomic mass is 9.68. The van der Waals surface area contributed by atoms with Crippen molar-refractivity contribution in [1.29, 1.82) is 0 Å². The molecular formula is C18H18O. The Balaban J connectivity index is 2.31. The molecule has 2 aromatic rings. The largest absolute Gasteiger partial charge is 0.289 e. The molecule has 0 saturated carbocycles. The average molecular weight is 250 g/mol. The van der Waals surface area contributed by atoms with Crippen molar-refractivity contribution in [2.45, 2.75) is 32.6 Å². The summed E-state index contributed by atoms with van der Waals surface area (Å²) in [4.78, 5) is 12.7. The third-order valence-electron chi connectivity index (χ3n) is 4.26. The van der Waals surface area contributed by atoms with Gasteiger partial charge in [0.25, 0.3) is 0 Å². The van der Waals surface area contributed by atoms with E-state index < -0.39 is 0 Å². The van der Waals surface area contributed by atoms with Crippen molar-refractivity contribution in [2.24, 2.45) is 0 Å². The molecule has 0 N–H and O–H groups in total. The number of carbonyl (C=O) groups is 1. The van der Waals surface area contributed by atoms with Gasteiger partial charge in [0, 0.05) is 16.5 Å². The second-order valence-corrected chi connectivity index (χ2v) is 5.73. The fourth-order valence-corrected chi connectivity index (χ4v) is 3.06. The molecule has 0 amide bonds. The molecule has 0 saturated heterocycles. The fourth-order valence-electron chi connectivity index (χ4n) is 3.06. The van der Waals surface area contributed by atoms with Crippen LogP contribution in [0.3, 0.4) is 0 Å². The predicted octanol–water partition coefficient (Wildman–Crippen LogP) is 4.12. The normalized spacial score (nSPS) is 15.8. The highest BCUT2D eigenvalue weighted by atomic mass is 16.1. The van der Waals surface area contributed by atoms with Crippen LogP contribution in [0.25, 0.3) is 0 Å². The van der Waals surface area contributed by atoms with Crippen molar-refractivity contribution in [3.05, 3.63) is 70.3 Å². The number of carbonyl (C=O) groups excluding carboxylic acids is 1. The molecule has 0 spiro atoms. The molecule has 1 heteroatoms. The number of fused-ring (bicyclic) bond motifs is 2. The van der Waals surface area contributed by atoms with E-state index in [4.69, 9.17) is 0 Å². The fraction of sp³-hybridized carbons (Fsp3) is 0.278. The van der Waals surface area contributed by atoms with Gasteiger partial charge < -0.3 is 0 Å². The van der Waals surface area contributed by atoms with E-state index in [0.29, 0.717) is 0 Å². The molecule has 1 aliphatic carbocycles. The summed E-state index contributed by atoms with van der Waals surface area (Å²) in [5.74, 6) is 0.167. The van der Waals surface area contributed by atoms with Crippen LogP contribution in [0.4, 0.5) is 0 Å². The van der Waals surface area contributed by atoms with Crippen LogP contribution in [-0.4, -0.2) is 5.78 Å². The van der Waals surface area contributed by atoms with Crippen LogP contribution in [0.2, 0.25) is 0 Å². The maximum Gasteiger partial charge on any atom is 0.193 e. The van der Waals surface area contributed by atoms with E-state index >= 15 is 0 Å². The highest BCUT2D eigenvalue weighted by Gasteiger charge is 2.36. The van der Waals surface area contributed by atoms with Gasteiger partial charge in [-0.25, -0.2) is 0 Å². The molecule has 2 aromatic carbocycles. The van der Waals surface area contributed by atoms with Crippen LogP contribution < -0.4 is 0 Å². The minimum Gasteiger partial charge on any atom is -0.289 e. The van der Waals surface area contributed by atoms with Gasteiger partial charge in [-0.2, -0.15) is 0 Å². The molecule has 19 heavy (non-hydrogen) atoms. The number of hydrogen-bond acceptors (Lipinski definition) is 1. The Morgan fingerprint density at radius 3 is 2.37 bits per heavy atom. The lowest BCUT2D eigenvalue weighted by Gasteiger charge is -2.34. The topological polar surface area (TPSA) is 17.1 Å². The van der Waals surface area contributed by atoms with Crippen molar-refractivity contribution >= 4 is 5.78 Å².